The van der Waals surface area contributed by atoms with Crippen molar-refractivity contribution >= 4 is 0 Å². The third-order valence-corrected chi connectivity index (χ3v) is 0. The summed E-state index contributed by atoms with van der Waals surface area (Å²) in [5, 5.41) is 6.75. The molecule has 1 radical (unpaired) electrons. The summed E-state index contributed by atoms with van der Waals surface area (Å²) in [4.78, 5) is 0. The van der Waals surface area contributed by atoms with E-state index in [0.717, 1.165) is 0 Å². The predicted octanol–water partition coefficient (Wildman–Crippen LogP) is -0.677. The molecule has 0 spiro atoms. The van der Waals surface area contributed by atoms with Gasteiger partial charge in [0.1, 0.15) is 0 Å². The number of aliphatic hydroxyl groups excluding tert-OH is 1. The Bertz CT molecular complexity index is 6.00. The SMILES string of the molecule is O.[CH2-]O.[Mn]. The molecule has 0 amide bonds. The topological polar surface area (TPSA) is 51.7 Å². The molecule has 0 aliphatic heterocycles. The minimum Gasteiger partial charge on any atom is -0.569 e. The molecule has 0 bridgehead atoms. The van der Waals surface area contributed by atoms with Crippen LogP contribution in [0.25, 0.3) is 0 Å². The average Bonchev–Trinajstić information content (AvgIpc) is 1.00. The second-order valence-corrected chi connectivity index (χ2v) is 0. The van der Waals surface area contributed by atoms with Gasteiger partial charge in [0.2, 0.25) is 0 Å². The fourth-order valence-electron chi connectivity index (χ4n) is 0. The Morgan fingerprint density at radius 2 is 1.25 bits per heavy atom. The second-order valence-electron chi connectivity index (χ2n) is 0. The summed E-state index contributed by atoms with van der Waals surface area (Å²) in [7, 11) is 2.25. The summed E-state index contributed by atoms with van der Waals surface area (Å²) in [5.74, 6) is 0. The van der Waals surface area contributed by atoms with Crippen molar-refractivity contribution in [3.63, 3.8) is 0 Å². The van der Waals surface area contributed by atoms with Crippen LogP contribution in [0.15, 0.2) is 0 Å². The van der Waals surface area contributed by atoms with Crippen LogP contribution in [0.5, 0.6) is 0 Å². The van der Waals surface area contributed by atoms with Crippen molar-refractivity contribution in [3.8, 4) is 0 Å². The van der Waals surface area contributed by atoms with Gasteiger partial charge in [-0.05, 0) is 0 Å². The normalized spacial score (nSPS) is 1.50. The molecule has 0 aliphatic rings. The van der Waals surface area contributed by atoms with E-state index in [-0.39, 0.29) is 22.5 Å². The van der Waals surface area contributed by atoms with Crippen molar-refractivity contribution in [2.75, 3.05) is 0 Å². The van der Waals surface area contributed by atoms with Crippen LogP contribution in [0.4, 0.5) is 0 Å². The summed E-state index contributed by atoms with van der Waals surface area (Å²) in [5.41, 5.74) is 0. The van der Waals surface area contributed by atoms with Gasteiger partial charge < -0.3 is 10.6 Å². The Hall–Kier alpha value is 0.439. The summed E-state index contributed by atoms with van der Waals surface area (Å²) < 4.78 is 0. The van der Waals surface area contributed by atoms with Gasteiger partial charge in [-0.2, -0.15) is 0 Å². The van der Waals surface area contributed by atoms with Crippen molar-refractivity contribution in [2.24, 2.45) is 0 Å². The van der Waals surface area contributed by atoms with E-state index in [1.54, 1.807) is 0 Å². The van der Waals surface area contributed by atoms with Crippen LogP contribution in [0.2, 0.25) is 0 Å². The Kier molecular flexibility index (Phi) is 672. The van der Waals surface area contributed by atoms with Gasteiger partial charge in [-0.3, -0.25) is 0 Å². The Morgan fingerprint density at radius 1 is 1.25 bits per heavy atom. The molecule has 0 saturated carbocycles. The van der Waals surface area contributed by atoms with Crippen LogP contribution < -0.4 is 0 Å². The molecular formula is CH5MnO2-. The molecule has 0 heterocycles. The maximum absolute atomic E-state index is 6.75. The molecule has 0 aromatic rings. The van der Waals surface area contributed by atoms with Gasteiger partial charge in [0, 0.05) is 17.1 Å². The molecule has 0 fully saturated rings. The Labute approximate surface area is 35.6 Å². The standard InChI is InChI=1S/CH3O.Mn.H2O/c1-2;;/h2H,1H2;;1H2/q-1;;. The molecule has 3 N–H and O–H groups in total. The number of hydrogen-bond acceptors (Lipinski definition) is 1. The van der Waals surface area contributed by atoms with E-state index in [1.807, 2.05) is 0 Å². The summed E-state index contributed by atoms with van der Waals surface area (Å²) >= 11 is 0. The molecule has 0 atom stereocenters. The van der Waals surface area contributed by atoms with E-state index < -0.39 is 0 Å². The quantitative estimate of drug-likeness (QED) is 0.321. The van der Waals surface area contributed by atoms with Gasteiger partial charge in [0.05, 0.1) is 0 Å². The first-order valence-corrected chi connectivity index (χ1v) is 0.316. The molecular weight excluding hydrogens is 98.9 g/mol. The van der Waals surface area contributed by atoms with Gasteiger partial charge >= 0.3 is 0 Å². The predicted molar refractivity (Wildman–Crippen MR) is 10.9 cm³/mol. The number of aliphatic hydroxyl groups is 1. The molecule has 29 valence electrons. The van der Waals surface area contributed by atoms with Crippen molar-refractivity contribution in [1.29, 1.82) is 0 Å². The molecule has 0 saturated heterocycles. The third-order valence-electron chi connectivity index (χ3n) is 0. The molecule has 0 aromatic heterocycles. The number of rotatable bonds is 0. The molecule has 0 aliphatic carbocycles. The first kappa shape index (κ1) is 25.3. The molecule has 2 nitrogen and oxygen atoms in total. The largest absolute Gasteiger partial charge is 0.569 e. The van der Waals surface area contributed by atoms with E-state index >= 15 is 0 Å². The van der Waals surface area contributed by atoms with Crippen LogP contribution in [0.1, 0.15) is 0 Å². The Morgan fingerprint density at radius 3 is 1.25 bits per heavy atom. The zero-order valence-electron chi connectivity index (χ0n) is 2.03. The smallest absolute Gasteiger partial charge is 0 e. The van der Waals surface area contributed by atoms with Gasteiger partial charge in [0.15, 0.2) is 0 Å². The first-order chi connectivity index (χ1) is 1.00. The minimum absolute atomic E-state index is 0. The molecule has 0 rings (SSSR count). The van der Waals surface area contributed by atoms with Crippen LogP contribution in [0, 0.1) is 7.11 Å². The zero-order chi connectivity index (χ0) is 2.00. The van der Waals surface area contributed by atoms with Gasteiger partial charge in [-0.25, -0.2) is 7.11 Å². The molecule has 0 aromatic carbocycles. The monoisotopic (exact) mass is 104 g/mol. The first-order valence-electron chi connectivity index (χ1n) is 0.316. The van der Waals surface area contributed by atoms with E-state index in [4.69, 9.17) is 5.11 Å². The van der Waals surface area contributed by atoms with Gasteiger partial charge in [-0.15, -0.1) is 0 Å². The van der Waals surface area contributed by atoms with Gasteiger partial charge in [-0.1, -0.05) is 0 Å². The average molecular weight is 104 g/mol. The fraction of sp³-hybridized carbons (Fsp3) is 0. The third kappa shape index (κ3) is 26.2. The maximum atomic E-state index is 6.75. The van der Waals surface area contributed by atoms with Crippen molar-refractivity contribution < 1.29 is 27.7 Å². The minimum atomic E-state index is 0. The Balaban J connectivity index is -0.00000000500. The van der Waals surface area contributed by atoms with E-state index in [9.17, 15) is 0 Å². The maximum Gasteiger partial charge on any atom is 0 e. The molecule has 4 heavy (non-hydrogen) atoms. The van der Waals surface area contributed by atoms with E-state index in [2.05, 4.69) is 7.11 Å². The van der Waals surface area contributed by atoms with E-state index in [1.165, 1.54) is 0 Å². The molecule has 0 unspecified atom stereocenters. The van der Waals surface area contributed by atoms with Crippen molar-refractivity contribution in [3.05, 3.63) is 7.11 Å². The van der Waals surface area contributed by atoms with Crippen LogP contribution >= 0.6 is 0 Å². The van der Waals surface area contributed by atoms with Crippen molar-refractivity contribution in [1.82, 2.24) is 0 Å². The second kappa shape index (κ2) is 106. The fourth-order valence-corrected chi connectivity index (χ4v) is 0. The van der Waals surface area contributed by atoms with Crippen LogP contribution in [0.3, 0.4) is 0 Å². The van der Waals surface area contributed by atoms with Crippen LogP contribution in [-0.4, -0.2) is 10.6 Å². The number of hydrogen-bond donors (Lipinski definition) is 1. The van der Waals surface area contributed by atoms with Crippen LogP contribution in [-0.2, 0) is 17.1 Å². The van der Waals surface area contributed by atoms with Crippen molar-refractivity contribution in [2.45, 2.75) is 0 Å². The summed E-state index contributed by atoms with van der Waals surface area (Å²) in [6, 6.07) is 0. The molecule has 3 heteroatoms. The summed E-state index contributed by atoms with van der Waals surface area (Å²) in [6.07, 6.45) is 0. The van der Waals surface area contributed by atoms with Gasteiger partial charge in [0.25, 0.3) is 0 Å². The van der Waals surface area contributed by atoms with E-state index in [0.29, 0.717) is 0 Å². The zero-order valence-corrected chi connectivity index (χ0v) is 3.21. The summed E-state index contributed by atoms with van der Waals surface area (Å²) in [6.45, 7) is 0.